The molecule has 0 bridgehead atoms. The van der Waals surface area contributed by atoms with Crippen molar-refractivity contribution in [3.05, 3.63) is 64.6 Å². The zero-order valence-corrected chi connectivity index (χ0v) is 17.6. The molecular weight excluding hydrogens is 380 g/mol. The molecule has 0 atom stereocenters. The second-order valence-corrected chi connectivity index (χ2v) is 7.51. The fraction of sp³-hybridized carbons (Fsp3) is 0.348. The normalized spacial score (nSPS) is 12.6. The first-order chi connectivity index (χ1) is 14.5. The molecule has 1 amide bonds. The van der Waals surface area contributed by atoms with Gasteiger partial charge in [0.15, 0.2) is 0 Å². The second-order valence-electron chi connectivity index (χ2n) is 7.51. The Bertz CT molecular complexity index is 1100. The minimum atomic E-state index is -0.364. The summed E-state index contributed by atoms with van der Waals surface area (Å²) in [5.74, 6) is 0.225. The zero-order valence-electron chi connectivity index (χ0n) is 17.6. The summed E-state index contributed by atoms with van der Waals surface area (Å²) >= 11 is 0. The average Bonchev–Trinajstić information content (AvgIpc) is 3.40. The third-order valence-electron chi connectivity index (χ3n) is 5.54. The Kier molecular flexibility index (Phi) is 5.44. The summed E-state index contributed by atoms with van der Waals surface area (Å²) in [6.45, 7) is 5.93. The van der Waals surface area contributed by atoms with Crippen LogP contribution in [0.15, 0.2) is 36.4 Å². The molecule has 0 fully saturated rings. The fourth-order valence-electron chi connectivity index (χ4n) is 4.05. The number of anilines is 1. The Morgan fingerprint density at radius 2 is 1.93 bits per heavy atom. The SMILES string of the molecule is CCOC(=O)c1cc(C)n(CC(=O)Nc2c3c(nn2-c2ccccc2)CCC3)c1C. The summed E-state index contributed by atoms with van der Waals surface area (Å²) in [6.07, 6.45) is 2.89. The molecule has 2 aromatic heterocycles. The van der Waals surface area contributed by atoms with Crippen LogP contribution in [0.5, 0.6) is 0 Å². The summed E-state index contributed by atoms with van der Waals surface area (Å²) < 4.78 is 8.78. The number of fused-ring (bicyclic) bond motifs is 1. The number of nitrogens with zero attached hydrogens (tertiary/aromatic N) is 3. The molecule has 7 heteroatoms. The van der Waals surface area contributed by atoms with Gasteiger partial charge in [0.25, 0.3) is 0 Å². The largest absolute Gasteiger partial charge is 0.462 e. The van der Waals surface area contributed by atoms with Gasteiger partial charge in [-0.2, -0.15) is 5.10 Å². The van der Waals surface area contributed by atoms with Crippen LogP contribution in [0.4, 0.5) is 5.82 Å². The van der Waals surface area contributed by atoms with Crippen molar-refractivity contribution in [3.8, 4) is 5.69 Å². The highest BCUT2D eigenvalue weighted by Gasteiger charge is 2.25. The van der Waals surface area contributed by atoms with E-state index in [4.69, 9.17) is 9.84 Å². The molecule has 3 aromatic rings. The molecule has 0 unspecified atom stereocenters. The molecule has 4 rings (SSSR count). The highest BCUT2D eigenvalue weighted by Crippen LogP contribution is 2.31. The predicted molar refractivity (Wildman–Crippen MR) is 114 cm³/mol. The predicted octanol–water partition coefficient (Wildman–Crippen LogP) is 3.59. The summed E-state index contributed by atoms with van der Waals surface area (Å²) in [5.41, 5.74) is 5.14. The molecule has 7 nitrogen and oxygen atoms in total. The maximum Gasteiger partial charge on any atom is 0.339 e. The number of aryl methyl sites for hydroxylation is 2. The molecule has 0 saturated heterocycles. The molecule has 0 spiro atoms. The van der Waals surface area contributed by atoms with E-state index in [1.54, 1.807) is 13.0 Å². The first kappa shape index (κ1) is 19.9. The van der Waals surface area contributed by atoms with Gasteiger partial charge in [-0.1, -0.05) is 18.2 Å². The lowest BCUT2D eigenvalue weighted by Crippen LogP contribution is -2.22. The Morgan fingerprint density at radius 3 is 2.67 bits per heavy atom. The maximum atomic E-state index is 13.0. The Labute approximate surface area is 175 Å². The van der Waals surface area contributed by atoms with Crippen LogP contribution in [0.25, 0.3) is 5.69 Å². The van der Waals surface area contributed by atoms with Crippen LogP contribution in [0.3, 0.4) is 0 Å². The number of carbonyl (C=O) groups is 2. The first-order valence-electron chi connectivity index (χ1n) is 10.3. The van der Waals surface area contributed by atoms with E-state index in [1.807, 2.05) is 53.4 Å². The van der Waals surface area contributed by atoms with E-state index in [1.165, 1.54) is 0 Å². The van der Waals surface area contributed by atoms with Crippen molar-refractivity contribution in [2.75, 3.05) is 11.9 Å². The van der Waals surface area contributed by atoms with Gasteiger partial charge in [-0.05, 0) is 58.2 Å². The van der Waals surface area contributed by atoms with E-state index in [9.17, 15) is 9.59 Å². The van der Waals surface area contributed by atoms with Crippen molar-refractivity contribution in [3.63, 3.8) is 0 Å². The quantitative estimate of drug-likeness (QED) is 0.635. The first-order valence-corrected chi connectivity index (χ1v) is 10.3. The number of esters is 1. The van der Waals surface area contributed by atoms with Crippen molar-refractivity contribution in [1.82, 2.24) is 14.3 Å². The molecule has 2 heterocycles. The van der Waals surface area contributed by atoms with Gasteiger partial charge in [0.2, 0.25) is 5.91 Å². The van der Waals surface area contributed by atoms with Crippen molar-refractivity contribution >= 4 is 17.7 Å². The molecular formula is C23H26N4O3. The molecule has 0 radical (unpaired) electrons. The summed E-state index contributed by atoms with van der Waals surface area (Å²) in [7, 11) is 0. The molecule has 1 aliphatic rings. The van der Waals surface area contributed by atoms with Crippen LogP contribution in [0.1, 0.15) is 46.3 Å². The van der Waals surface area contributed by atoms with E-state index in [0.717, 1.165) is 53.4 Å². The number of hydrogen-bond donors (Lipinski definition) is 1. The molecule has 30 heavy (non-hydrogen) atoms. The number of benzene rings is 1. The minimum absolute atomic E-state index is 0.117. The Morgan fingerprint density at radius 1 is 1.17 bits per heavy atom. The molecule has 0 saturated carbocycles. The standard InChI is InChI=1S/C23H26N4O3/c1-4-30-23(29)19-13-15(2)26(16(19)3)14-21(28)24-22-18-11-8-12-20(18)25-27(22)17-9-6-5-7-10-17/h5-7,9-10,13H,4,8,11-12,14H2,1-3H3,(H,24,28). The van der Waals surface area contributed by atoms with Gasteiger partial charge in [-0.3, -0.25) is 4.79 Å². The fourth-order valence-corrected chi connectivity index (χ4v) is 4.05. The molecule has 156 valence electrons. The molecule has 1 aliphatic carbocycles. The van der Waals surface area contributed by atoms with Gasteiger partial charge in [0.05, 0.1) is 23.6 Å². The Hall–Kier alpha value is -3.35. The third-order valence-corrected chi connectivity index (χ3v) is 5.54. The number of nitrogens with one attached hydrogen (secondary N) is 1. The minimum Gasteiger partial charge on any atom is -0.462 e. The van der Waals surface area contributed by atoms with Crippen LogP contribution in [-0.2, 0) is 28.9 Å². The lowest BCUT2D eigenvalue weighted by Gasteiger charge is -2.13. The summed E-state index contributed by atoms with van der Waals surface area (Å²) in [4.78, 5) is 25.1. The number of hydrogen-bond acceptors (Lipinski definition) is 4. The lowest BCUT2D eigenvalue weighted by atomic mass is 10.2. The molecule has 0 aliphatic heterocycles. The van der Waals surface area contributed by atoms with Crippen LogP contribution in [-0.4, -0.2) is 32.8 Å². The van der Waals surface area contributed by atoms with E-state index in [-0.39, 0.29) is 18.4 Å². The number of para-hydroxylation sites is 1. The summed E-state index contributed by atoms with van der Waals surface area (Å²) in [6, 6.07) is 11.6. The number of ether oxygens (including phenoxy) is 1. The highest BCUT2D eigenvalue weighted by atomic mass is 16.5. The topological polar surface area (TPSA) is 78.2 Å². The number of aromatic nitrogens is 3. The van der Waals surface area contributed by atoms with E-state index in [0.29, 0.717) is 12.2 Å². The number of carbonyl (C=O) groups excluding carboxylic acids is 2. The average molecular weight is 406 g/mol. The van der Waals surface area contributed by atoms with Crippen LogP contribution < -0.4 is 5.32 Å². The van der Waals surface area contributed by atoms with E-state index in [2.05, 4.69) is 5.32 Å². The summed E-state index contributed by atoms with van der Waals surface area (Å²) in [5, 5.41) is 7.82. The number of amides is 1. The van der Waals surface area contributed by atoms with Gasteiger partial charge >= 0.3 is 5.97 Å². The molecule has 1 aromatic carbocycles. The van der Waals surface area contributed by atoms with Crippen molar-refractivity contribution in [2.24, 2.45) is 0 Å². The van der Waals surface area contributed by atoms with Crippen molar-refractivity contribution < 1.29 is 14.3 Å². The zero-order chi connectivity index (χ0) is 21.3. The van der Waals surface area contributed by atoms with E-state index >= 15 is 0 Å². The van der Waals surface area contributed by atoms with Gasteiger partial charge in [0.1, 0.15) is 12.4 Å². The van der Waals surface area contributed by atoms with Crippen molar-refractivity contribution in [2.45, 2.75) is 46.6 Å². The van der Waals surface area contributed by atoms with Crippen LogP contribution in [0, 0.1) is 13.8 Å². The second kappa shape index (κ2) is 8.18. The monoisotopic (exact) mass is 406 g/mol. The van der Waals surface area contributed by atoms with Gasteiger partial charge in [-0.25, -0.2) is 9.48 Å². The Balaban J connectivity index is 1.60. The maximum absolute atomic E-state index is 13.0. The number of rotatable bonds is 6. The lowest BCUT2D eigenvalue weighted by molar-refractivity contribution is -0.116. The smallest absolute Gasteiger partial charge is 0.339 e. The van der Waals surface area contributed by atoms with Gasteiger partial charge in [0, 0.05) is 17.0 Å². The third kappa shape index (κ3) is 3.63. The van der Waals surface area contributed by atoms with Crippen molar-refractivity contribution in [1.29, 1.82) is 0 Å². The van der Waals surface area contributed by atoms with Crippen LogP contribution in [0.2, 0.25) is 0 Å². The highest BCUT2D eigenvalue weighted by molar-refractivity contribution is 5.93. The molecule has 1 N–H and O–H groups in total. The van der Waals surface area contributed by atoms with Gasteiger partial charge in [-0.15, -0.1) is 0 Å². The van der Waals surface area contributed by atoms with Crippen LogP contribution >= 0.6 is 0 Å². The van der Waals surface area contributed by atoms with E-state index < -0.39 is 0 Å². The van der Waals surface area contributed by atoms with Gasteiger partial charge < -0.3 is 14.6 Å².